The third-order valence-electron chi connectivity index (χ3n) is 12.3. The highest BCUT2D eigenvalue weighted by molar-refractivity contribution is 7.81. The molecule has 19 heteroatoms. The predicted molar refractivity (Wildman–Crippen MR) is 267 cm³/mol. The van der Waals surface area contributed by atoms with Crippen LogP contribution in [0.4, 0.5) is 24.5 Å². The molecule has 4 aromatic carbocycles. The van der Waals surface area contributed by atoms with Gasteiger partial charge in [-0.1, -0.05) is 69.3 Å². The number of likely N-dealkylation sites (tertiary alicyclic amines) is 1. The number of anilines is 2. The van der Waals surface area contributed by atoms with E-state index >= 15 is 0 Å². The monoisotopic (exact) mass is 1010 g/mol. The summed E-state index contributed by atoms with van der Waals surface area (Å²) in [5, 5.41) is 25.5. The zero-order valence-corrected chi connectivity index (χ0v) is 41.6. The number of carbonyl (C=O) groups is 4. The fraction of sp³-hybridized carbons (Fsp3) is 0.365. The second kappa shape index (κ2) is 21.3. The number of amides is 4. The number of hydrogen-bond donors (Lipinski definition) is 3. The molecule has 2 fully saturated rings. The normalized spacial score (nSPS) is 17.3. The average molecular weight is 1010 g/mol. The molecule has 2 aliphatic heterocycles. The molecule has 3 atom stereocenters. The lowest BCUT2D eigenvalue weighted by atomic mass is 9.85. The Balaban J connectivity index is 0.860. The summed E-state index contributed by atoms with van der Waals surface area (Å²) in [6.07, 6.45) is -5.18. The van der Waals surface area contributed by atoms with Crippen molar-refractivity contribution in [3.05, 3.63) is 119 Å². The number of nitrogens with one attached hydrogen (secondary N) is 2. The lowest BCUT2D eigenvalue weighted by molar-refractivity contribution is -0.144. The third-order valence-corrected chi connectivity index (χ3v) is 13.7. The number of benzene rings is 4. The zero-order chi connectivity index (χ0) is 51.4. The first-order valence-corrected chi connectivity index (χ1v) is 24.1. The van der Waals surface area contributed by atoms with Crippen LogP contribution in [0.2, 0.25) is 0 Å². The number of hydrogen-bond acceptors (Lipinski definition) is 11. The quantitative estimate of drug-likeness (QED) is 0.0642. The van der Waals surface area contributed by atoms with Crippen molar-refractivity contribution in [1.29, 1.82) is 5.26 Å². The smallest absolute Gasteiger partial charge is 0.417 e. The SMILES string of the molecule is Cc1ncsc1-c1ccc(CNC(=O)[C@@H]2C[C@@H](O)CN2C(=O)C(NC(=O)COCCCOc2ccc(-c3ccc(N4C(=S)N(c5ccc(C#N)c(C(F)(F)F)c5)C(=O)C4(C)C)cc3)cc2)C(C)(C)C)cc1. The van der Waals surface area contributed by atoms with Gasteiger partial charge in [-0.3, -0.25) is 24.1 Å². The number of aryl methyl sites for hydroxylation is 1. The second-order valence-electron chi connectivity index (χ2n) is 18.9. The van der Waals surface area contributed by atoms with Crippen LogP contribution in [0.5, 0.6) is 5.75 Å². The molecule has 1 unspecified atom stereocenters. The number of alkyl halides is 3. The van der Waals surface area contributed by atoms with E-state index in [1.165, 1.54) is 11.0 Å². The summed E-state index contributed by atoms with van der Waals surface area (Å²) >= 11 is 7.23. The van der Waals surface area contributed by atoms with Gasteiger partial charge in [0.2, 0.25) is 17.7 Å². The molecule has 5 aromatic rings. The molecule has 2 saturated heterocycles. The van der Waals surface area contributed by atoms with Crippen LogP contribution in [0.25, 0.3) is 21.6 Å². The summed E-state index contributed by atoms with van der Waals surface area (Å²) in [6, 6.07) is 25.1. The van der Waals surface area contributed by atoms with Crippen LogP contribution in [-0.4, -0.2) is 93.8 Å². The van der Waals surface area contributed by atoms with Gasteiger partial charge in [0.05, 0.1) is 58.3 Å². The molecule has 3 N–H and O–H groups in total. The van der Waals surface area contributed by atoms with Crippen LogP contribution < -0.4 is 25.2 Å². The van der Waals surface area contributed by atoms with Gasteiger partial charge in [0.25, 0.3) is 5.91 Å². The summed E-state index contributed by atoms with van der Waals surface area (Å²) in [7, 11) is 0. The molecular weight excluding hydrogens is 956 g/mol. The van der Waals surface area contributed by atoms with E-state index in [2.05, 4.69) is 15.6 Å². The molecule has 0 saturated carbocycles. The first kappa shape index (κ1) is 52.1. The Bertz CT molecular complexity index is 2820. The van der Waals surface area contributed by atoms with Gasteiger partial charge in [-0.05, 0) is 103 Å². The molecule has 0 spiro atoms. The van der Waals surface area contributed by atoms with E-state index in [4.69, 9.17) is 21.7 Å². The number of halogens is 3. The van der Waals surface area contributed by atoms with Crippen LogP contribution in [-0.2, 0) is 36.6 Å². The molecule has 3 heterocycles. The predicted octanol–water partition coefficient (Wildman–Crippen LogP) is 8.19. The number of carbonyl (C=O) groups excluding carboxylic acids is 4. The van der Waals surface area contributed by atoms with Crippen LogP contribution in [0, 0.1) is 23.7 Å². The summed E-state index contributed by atoms with van der Waals surface area (Å²) in [6.45, 7) is 11.0. The Morgan fingerprint density at radius 3 is 2.20 bits per heavy atom. The standard InChI is InChI=1S/C52H54F3N7O7S2/c1-31-44(71-30-58-31)35-10-8-32(9-11-35)27-57-46(65)42-25-39(63)28-60(42)47(66)45(50(2,3)4)59-43(64)29-68-22-7-23-69-40-20-15-34(16-21-40)33-12-17-37(18-13-33)62-49(70)61(48(67)51(62,5)6)38-19-14-36(26-56)41(24-38)52(53,54)55/h8-21,24,30,39,42,45,63H,7,22-23,25,27-29H2,1-6H3,(H,57,65)(H,59,64)/t39-,42+,45?/m1/s1. The van der Waals surface area contributed by atoms with E-state index in [9.17, 15) is 42.7 Å². The highest BCUT2D eigenvalue weighted by Crippen LogP contribution is 2.40. The van der Waals surface area contributed by atoms with E-state index in [1.807, 2.05) is 76.2 Å². The van der Waals surface area contributed by atoms with Crippen LogP contribution in [0.1, 0.15) is 69.8 Å². The van der Waals surface area contributed by atoms with Gasteiger partial charge in [-0.15, -0.1) is 11.3 Å². The highest BCUT2D eigenvalue weighted by Gasteiger charge is 2.51. The molecule has 14 nitrogen and oxygen atoms in total. The second-order valence-corrected chi connectivity index (χ2v) is 20.1. The zero-order valence-electron chi connectivity index (χ0n) is 40.0. The Morgan fingerprint density at radius 1 is 0.958 bits per heavy atom. The number of aliphatic hydroxyl groups excluding tert-OH is 1. The molecule has 1 aromatic heterocycles. The van der Waals surface area contributed by atoms with Crippen molar-refractivity contribution in [1.82, 2.24) is 20.5 Å². The molecule has 372 valence electrons. The Labute approximate surface area is 419 Å². The largest absolute Gasteiger partial charge is 0.494 e. The van der Waals surface area contributed by atoms with Crippen LogP contribution in [0.15, 0.2) is 96.5 Å². The molecule has 0 bridgehead atoms. The maximum absolute atomic E-state index is 14.0. The van der Waals surface area contributed by atoms with E-state index in [0.29, 0.717) is 24.5 Å². The summed E-state index contributed by atoms with van der Waals surface area (Å²) < 4.78 is 52.8. The Kier molecular flexibility index (Phi) is 15.7. The fourth-order valence-corrected chi connectivity index (χ4v) is 9.84. The molecule has 2 aliphatic rings. The lowest BCUT2D eigenvalue weighted by Gasteiger charge is -2.35. The van der Waals surface area contributed by atoms with Crippen molar-refractivity contribution in [2.75, 3.05) is 36.2 Å². The van der Waals surface area contributed by atoms with Crippen molar-refractivity contribution in [2.24, 2.45) is 5.41 Å². The number of nitriles is 1. The fourth-order valence-electron chi connectivity index (χ4n) is 8.50. The van der Waals surface area contributed by atoms with Gasteiger partial charge < -0.3 is 35.0 Å². The van der Waals surface area contributed by atoms with E-state index in [-0.39, 0.29) is 43.5 Å². The average Bonchev–Trinajstić information content (AvgIpc) is 4.00. The number of thiazole rings is 1. The van der Waals surface area contributed by atoms with Gasteiger partial charge >= 0.3 is 6.18 Å². The number of nitrogens with zero attached hydrogens (tertiary/aromatic N) is 5. The first-order chi connectivity index (χ1) is 33.6. The molecular formula is C52H54F3N7O7S2. The molecule has 0 aliphatic carbocycles. The molecule has 4 amide bonds. The summed E-state index contributed by atoms with van der Waals surface area (Å²) in [4.78, 5) is 63.6. The van der Waals surface area contributed by atoms with Gasteiger partial charge in [-0.2, -0.15) is 18.4 Å². The third kappa shape index (κ3) is 11.7. The number of aromatic nitrogens is 1. The summed E-state index contributed by atoms with van der Waals surface area (Å²) in [5.41, 5.74) is 3.14. The topological polar surface area (TPSA) is 177 Å². The van der Waals surface area contributed by atoms with Crippen molar-refractivity contribution < 1.29 is 46.9 Å². The van der Waals surface area contributed by atoms with Gasteiger partial charge in [0.15, 0.2) is 5.11 Å². The number of aliphatic hydroxyl groups is 1. The first-order valence-electron chi connectivity index (χ1n) is 22.8. The van der Waals surface area contributed by atoms with E-state index in [0.717, 1.165) is 49.9 Å². The molecule has 71 heavy (non-hydrogen) atoms. The number of rotatable bonds is 16. The van der Waals surface area contributed by atoms with Crippen molar-refractivity contribution in [3.8, 4) is 33.4 Å². The number of β-amino-alcohol motifs (C(OH)–C–C–N with tert-alkyl or cyclic N) is 1. The Hall–Kier alpha value is -6.72. The molecule has 0 radical (unpaired) electrons. The maximum atomic E-state index is 14.0. The van der Waals surface area contributed by atoms with Crippen molar-refractivity contribution in [2.45, 2.75) is 90.8 Å². The minimum Gasteiger partial charge on any atom is -0.494 e. The van der Waals surface area contributed by atoms with E-state index in [1.54, 1.807) is 65.9 Å². The van der Waals surface area contributed by atoms with Crippen molar-refractivity contribution >= 4 is 63.7 Å². The number of thiocarbonyl (C=S) groups is 1. The maximum Gasteiger partial charge on any atom is 0.417 e. The lowest BCUT2D eigenvalue weighted by Crippen LogP contribution is -2.58. The van der Waals surface area contributed by atoms with E-state index < -0.39 is 70.1 Å². The highest BCUT2D eigenvalue weighted by atomic mass is 32.1. The van der Waals surface area contributed by atoms with Gasteiger partial charge in [0, 0.05) is 31.6 Å². The minimum absolute atomic E-state index is 0.00330. The van der Waals surface area contributed by atoms with Crippen molar-refractivity contribution in [3.63, 3.8) is 0 Å². The summed E-state index contributed by atoms with van der Waals surface area (Å²) in [5.74, 6) is -1.29. The van der Waals surface area contributed by atoms with Crippen LogP contribution >= 0.6 is 23.6 Å². The van der Waals surface area contributed by atoms with Gasteiger partial charge in [0.1, 0.15) is 30.0 Å². The Morgan fingerprint density at radius 2 is 1.59 bits per heavy atom. The molecule has 7 rings (SSSR count). The van der Waals surface area contributed by atoms with Gasteiger partial charge in [-0.25, -0.2) is 4.98 Å². The van der Waals surface area contributed by atoms with Crippen LogP contribution in [0.3, 0.4) is 0 Å². The number of ether oxygens (including phenoxy) is 2. The minimum atomic E-state index is -4.81.